The summed E-state index contributed by atoms with van der Waals surface area (Å²) in [7, 11) is 0. The zero-order valence-corrected chi connectivity index (χ0v) is 17.0. The first-order chi connectivity index (χ1) is 14.4. The van der Waals surface area contributed by atoms with Crippen molar-refractivity contribution in [3.05, 3.63) is 53.1 Å². The molecule has 2 aromatic carbocycles. The summed E-state index contributed by atoms with van der Waals surface area (Å²) < 4.78 is 11.3. The summed E-state index contributed by atoms with van der Waals surface area (Å²) in [6.07, 6.45) is 0. The van der Waals surface area contributed by atoms with E-state index in [0.29, 0.717) is 13.2 Å². The van der Waals surface area contributed by atoms with Gasteiger partial charge in [-0.3, -0.25) is 4.90 Å². The molecule has 4 rings (SSSR count). The predicted molar refractivity (Wildman–Crippen MR) is 112 cm³/mol. The van der Waals surface area contributed by atoms with Crippen molar-refractivity contribution in [1.82, 2.24) is 4.90 Å². The molecule has 0 unspecified atom stereocenters. The Morgan fingerprint density at radius 2 is 1.53 bits per heavy atom. The second-order valence-electron chi connectivity index (χ2n) is 6.79. The van der Waals surface area contributed by atoms with Gasteiger partial charge >= 0.3 is 11.9 Å². The van der Waals surface area contributed by atoms with Crippen LogP contribution < -0.4 is 14.4 Å². The number of carboxylic acids is 2. The molecule has 0 saturated carbocycles. The van der Waals surface area contributed by atoms with Gasteiger partial charge in [0.25, 0.3) is 0 Å². The van der Waals surface area contributed by atoms with Crippen molar-refractivity contribution in [3.8, 4) is 11.5 Å². The Bertz CT molecular complexity index is 887. The number of piperazine rings is 1. The molecule has 2 N–H and O–H groups in total. The van der Waals surface area contributed by atoms with Crippen LogP contribution in [0.4, 0.5) is 5.69 Å². The van der Waals surface area contributed by atoms with Crippen LogP contribution >= 0.6 is 11.6 Å². The average Bonchev–Trinajstić information content (AvgIpc) is 2.76. The minimum Gasteiger partial charge on any atom is -0.486 e. The highest BCUT2D eigenvalue weighted by atomic mass is 35.5. The Morgan fingerprint density at radius 3 is 2.17 bits per heavy atom. The van der Waals surface area contributed by atoms with Crippen molar-refractivity contribution in [2.45, 2.75) is 6.54 Å². The molecule has 1 fully saturated rings. The molecule has 0 atom stereocenters. The molecule has 0 radical (unpaired) electrons. The molecular formula is C21H23ClN2O6. The number of ether oxygens (including phenoxy) is 2. The van der Waals surface area contributed by atoms with Crippen molar-refractivity contribution in [2.75, 3.05) is 44.3 Å². The Morgan fingerprint density at radius 1 is 0.900 bits per heavy atom. The van der Waals surface area contributed by atoms with Crippen molar-refractivity contribution in [3.63, 3.8) is 0 Å². The zero-order valence-electron chi connectivity index (χ0n) is 16.3. The highest BCUT2D eigenvalue weighted by Gasteiger charge is 2.20. The number of hydrogen-bond acceptors (Lipinski definition) is 6. The topological polar surface area (TPSA) is 99.5 Å². The number of benzene rings is 2. The van der Waals surface area contributed by atoms with Gasteiger partial charge in [-0.15, -0.1) is 0 Å². The molecule has 2 aliphatic heterocycles. The lowest BCUT2D eigenvalue weighted by molar-refractivity contribution is -0.159. The quantitative estimate of drug-likeness (QED) is 0.711. The lowest BCUT2D eigenvalue weighted by Crippen LogP contribution is -2.46. The van der Waals surface area contributed by atoms with Gasteiger partial charge in [-0.05, 0) is 23.8 Å². The van der Waals surface area contributed by atoms with Crippen LogP contribution in [0.1, 0.15) is 5.56 Å². The fourth-order valence-electron chi connectivity index (χ4n) is 3.26. The first-order valence-corrected chi connectivity index (χ1v) is 9.88. The van der Waals surface area contributed by atoms with Gasteiger partial charge in [0.05, 0.1) is 0 Å². The average molecular weight is 435 g/mol. The van der Waals surface area contributed by atoms with Crippen LogP contribution in [0, 0.1) is 0 Å². The van der Waals surface area contributed by atoms with Gasteiger partial charge in [-0.2, -0.15) is 0 Å². The molecule has 0 spiro atoms. The summed E-state index contributed by atoms with van der Waals surface area (Å²) in [5.74, 6) is -1.94. The third-order valence-corrected chi connectivity index (χ3v) is 5.17. The van der Waals surface area contributed by atoms with Gasteiger partial charge in [0.15, 0.2) is 11.5 Å². The molecule has 2 heterocycles. The van der Waals surface area contributed by atoms with Gasteiger partial charge in [0.1, 0.15) is 13.2 Å². The van der Waals surface area contributed by atoms with E-state index in [4.69, 9.17) is 40.9 Å². The largest absolute Gasteiger partial charge is 0.486 e. The van der Waals surface area contributed by atoms with Gasteiger partial charge in [0, 0.05) is 49.5 Å². The minimum atomic E-state index is -1.82. The van der Waals surface area contributed by atoms with Gasteiger partial charge in [0.2, 0.25) is 0 Å². The molecule has 160 valence electrons. The Balaban J connectivity index is 0.000000377. The maximum Gasteiger partial charge on any atom is 0.414 e. The fourth-order valence-corrected chi connectivity index (χ4v) is 3.46. The number of nitrogens with zero attached hydrogens (tertiary/aromatic N) is 2. The lowest BCUT2D eigenvalue weighted by atomic mass is 10.2. The Hall–Kier alpha value is -2.97. The molecule has 0 amide bonds. The van der Waals surface area contributed by atoms with Crippen LogP contribution in [0.15, 0.2) is 42.5 Å². The second kappa shape index (κ2) is 10.2. The maximum absolute atomic E-state index is 9.10. The van der Waals surface area contributed by atoms with E-state index < -0.39 is 11.9 Å². The van der Waals surface area contributed by atoms with E-state index in [1.807, 2.05) is 24.3 Å². The van der Waals surface area contributed by atoms with E-state index in [1.54, 1.807) is 0 Å². The summed E-state index contributed by atoms with van der Waals surface area (Å²) in [5, 5.41) is 15.6. The molecule has 30 heavy (non-hydrogen) atoms. The van der Waals surface area contributed by atoms with Crippen LogP contribution in [0.25, 0.3) is 0 Å². The number of fused-ring (bicyclic) bond motifs is 1. The first kappa shape index (κ1) is 21.7. The third-order valence-electron chi connectivity index (χ3n) is 4.80. The highest BCUT2D eigenvalue weighted by Crippen LogP contribution is 2.34. The first-order valence-electron chi connectivity index (χ1n) is 9.50. The summed E-state index contributed by atoms with van der Waals surface area (Å²) in [6.45, 7) is 6.23. The van der Waals surface area contributed by atoms with Gasteiger partial charge in [-0.25, -0.2) is 9.59 Å². The maximum atomic E-state index is 9.10. The third kappa shape index (κ3) is 5.77. The van der Waals surface area contributed by atoms with Crippen molar-refractivity contribution >= 4 is 29.2 Å². The number of hydrogen-bond donors (Lipinski definition) is 2. The molecule has 8 nitrogen and oxygen atoms in total. The number of anilines is 1. The SMILES string of the molecule is Clc1ccccc1CN1CCN(c2ccc3c(c2)OCCO3)CC1.O=C(O)C(=O)O. The van der Waals surface area contributed by atoms with Gasteiger partial charge < -0.3 is 24.6 Å². The summed E-state index contributed by atoms with van der Waals surface area (Å²) in [6, 6.07) is 14.3. The summed E-state index contributed by atoms with van der Waals surface area (Å²) in [5.41, 5.74) is 2.41. The normalized spacial score (nSPS) is 15.7. The van der Waals surface area contributed by atoms with Crippen LogP contribution in [0.3, 0.4) is 0 Å². The Kier molecular flexibility index (Phi) is 7.37. The van der Waals surface area contributed by atoms with Gasteiger partial charge in [-0.1, -0.05) is 29.8 Å². The molecule has 0 aliphatic carbocycles. The Labute approximate surface area is 179 Å². The number of aliphatic carboxylic acids is 2. The standard InChI is InChI=1S/C19H21ClN2O2.C2H2O4/c20-17-4-2-1-3-15(17)14-21-7-9-22(10-8-21)16-5-6-18-19(13-16)24-12-11-23-18;3-1(4)2(5)6/h1-6,13H,7-12,14H2;(H,3,4)(H,5,6). The number of halogens is 1. The van der Waals surface area contributed by atoms with Crippen molar-refractivity contribution < 1.29 is 29.3 Å². The van der Waals surface area contributed by atoms with E-state index in [2.05, 4.69) is 28.0 Å². The predicted octanol–water partition coefficient (Wildman–Crippen LogP) is 2.59. The smallest absolute Gasteiger partial charge is 0.414 e. The lowest BCUT2D eigenvalue weighted by Gasteiger charge is -2.36. The van der Waals surface area contributed by atoms with Crippen molar-refractivity contribution in [2.24, 2.45) is 0 Å². The number of rotatable bonds is 3. The molecule has 1 saturated heterocycles. The van der Waals surface area contributed by atoms with Crippen LogP contribution in [0.2, 0.25) is 5.02 Å². The molecule has 0 bridgehead atoms. The minimum absolute atomic E-state index is 0.627. The molecule has 2 aromatic rings. The van der Waals surface area contributed by atoms with Crippen LogP contribution in [0.5, 0.6) is 11.5 Å². The van der Waals surface area contributed by atoms with E-state index in [9.17, 15) is 0 Å². The molecule has 2 aliphatic rings. The molecule has 9 heteroatoms. The fraction of sp³-hybridized carbons (Fsp3) is 0.333. The van der Waals surface area contributed by atoms with Crippen LogP contribution in [-0.4, -0.2) is 66.4 Å². The zero-order chi connectivity index (χ0) is 21.5. The number of carboxylic acid groups (broad SMARTS) is 2. The number of carbonyl (C=O) groups is 2. The molecule has 0 aromatic heterocycles. The van der Waals surface area contributed by atoms with Crippen LogP contribution in [-0.2, 0) is 16.1 Å². The van der Waals surface area contributed by atoms with E-state index in [-0.39, 0.29) is 0 Å². The summed E-state index contributed by atoms with van der Waals surface area (Å²) in [4.78, 5) is 23.1. The summed E-state index contributed by atoms with van der Waals surface area (Å²) >= 11 is 6.27. The second-order valence-corrected chi connectivity index (χ2v) is 7.20. The molecular weight excluding hydrogens is 412 g/mol. The highest BCUT2D eigenvalue weighted by molar-refractivity contribution is 6.31. The van der Waals surface area contributed by atoms with Crippen molar-refractivity contribution in [1.29, 1.82) is 0 Å². The van der Waals surface area contributed by atoms with E-state index >= 15 is 0 Å². The monoisotopic (exact) mass is 434 g/mol. The van der Waals surface area contributed by atoms with E-state index in [0.717, 1.165) is 49.2 Å². The van der Waals surface area contributed by atoms with E-state index in [1.165, 1.54) is 11.3 Å².